The van der Waals surface area contributed by atoms with Crippen molar-refractivity contribution in [2.75, 3.05) is 0 Å². The predicted molar refractivity (Wildman–Crippen MR) is 57.7 cm³/mol. The summed E-state index contributed by atoms with van der Waals surface area (Å²) in [7, 11) is 0. The fourth-order valence-corrected chi connectivity index (χ4v) is 1.28. The van der Waals surface area contributed by atoms with Gasteiger partial charge in [0, 0.05) is 23.9 Å². The van der Waals surface area contributed by atoms with Crippen LogP contribution in [-0.4, -0.2) is 5.92 Å². The summed E-state index contributed by atoms with van der Waals surface area (Å²) in [5.41, 5.74) is 2.48. The molecule has 0 nitrogen and oxygen atoms in total. The Balaban J connectivity index is 3.30. The highest BCUT2D eigenvalue weighted by molar-refractivity contribution is 6.29. The Morgan fingerprint density at radius 1 is 1.53 bits per heavy atom. The molecule has 0 aromatic carbocycles. The lowest BCUT2D eigenvalue weighted by Gasteiger charge is -2.14. The molecular formula is C12H9ClF2. The second-order valence-electron chi connectivity index (χ2n) is 3.15. The van der Waals surface area contributed by atoms with E-state index in [-0.39, 0.29) is 11.1 Å². The van der Waals surface area contributed by atoms with Crippen molar-refractivity contribution in [3.63, 3.8) is 0 Å². The molecule has 15 heavy (non-hydrogen) atoms. The molecule has 1 aliphatic carbocycles. The number of rotatable bonds is 1. The molecule has 0 N–H and O–H groups in total. The molecule has 1 rings (SSSR count). The van der Waals surface area contributed by atoms with Gasteiger partial charge in [-0.2, -0.15) is 0 Å². The largest absolute Gasteiger partial charge is 0.272 e. The van der Waals surface area contributed by atoms with E-state index in [4.69, 9.17) is 18.0 Å². The van der Waals surface area contributed by atoms with E-state index in [1.807, 2.05) is 0 Å². The van der Waals surface area contributed by atoms with Crippen molar-refractivity contribution in [2.45, 2.75) is 19.3 Å². The second-order valence-corrected chi connectivity index (χ2v) is 3.64. The first-order valence-electron chi connectivity index (χ1n) is 4.32. The van der Waals surface area contributed by atoms with Crippen molar-refractivity contribution in [3.05, 3.63) is 40.1 Å². The minimum absolute atomic E-state index is 0.0721. The van der Waals surface area contributed by atoms with Crippen LogP contribution < -0.4 is 0 Å². The van der Waals surface area contributed by atoms with Gasteiger partial charge in [-0.05, 0) is 18.2 Å². The number of halogens is 3. The maximum absolute atomic E-state index is 13.2. The van der Waals surface area contributed by atoms with Gasteiger partial charge in [-0.1, -0.05) is 17.5 Å². The predicted octanol–water partition coefficient (Wildman–Crippen LogP) is 3.81. The van der Waals surface area contributed by atoms with Gasteiger partial charge in [-0.15, -0.1) is 12.2 Å². The van der Waals surface area contributed by atoms with E-state index >= 15 is 0 Å². The maximum atomic E-state index is 13.2. The highest BCUT2D eigenvalue weighted by Crippen LogP contribution is 2.30. The fraction of sp³-hybridized carbons (Fsp3) is 0.250. The number of terminal acetylenes is 1. The second kappa shape index (κ2) is 4.49. The normalized spacial score (nSPS) is 23.8. The Kier molecular flexibility index (Phi) is 3.52. The molecule has 1 aliphatic rings. The van der Waals surface area contributed by atoms with Crippen molar-refractivity contribution in [1.82, 2.24) is 0 Å². The fourth-order valence-electron chi connectivity index (χ4n) is 1.14. The molecule has 78 valence electrons. The third-order valence-corrected chi connectivity index (χ3v) is 2.14. The van der Waals surface area contributed by atoms with Crippen LogP contribution in [0, 0.1) is 12.3 Å². The lowest BCUT2D eigenvalue weighted by Crippen LogP contribution is -2.15. The Hall–Kier alpha value is -1.29. The van der Waals surface area contributed by atoms with Crippen LogP contribution in [0.25, 0.3) is 0 Å². The van der Waals surface area contributed by atoms with Gasteiger partial charge in [0.25, 0.3) is 5.92 Å². The van der Waals surface area contributed by atoms with Crippen LogP contribution >= 0.6 is 11.6 Å². The summed E-state index contributed by atoms with van der Waals surface area (Å²) in [4.78, 5) is 0. The molecule has 0 aliphatic heterocycles. The van der Waals surface area contributed by atoms with Crippen molar-refractivity contribution >= 4 is 11.6 Å². The van der Waals surface area contributed by atoms with Crippen LogP contribution in [0.4, 0.5) is 8.78 Å². The average molecular weight is 227 g/mol. The summed E-state index contributed by atoms with van der Waals surface area (Å²) in [5, 5.41) is 0.473. The van der Waals surface area contributed by atoms with Gasteiger partial charge < -0.3 is 0 Å². The molecule has 0 saturated carbocycles. The minimum Gasteiger partial charge on any atom is -0.202 e. The van der Waals surface area contributed by atoms with Gasteiger partial charge in [0.1, 0.15) is 0 Å². The van der Waals surface area contributed by atoms with E-state index in [1.54, 1.807) is 6.08 Å². The molecule has 0 amide bonds. The molecule has 0 aromatic rings. The first kappa shape index (κ1) is 11.8. The van der Waals surface area contributed by atoms with Crippen molar-refractivity contribution in [2.24, 2.45) is 0 Å². The first-order valence-corrected chi connectivity index (χ1v) is 4.69. The number of allylic oxidation sites excluding steroid dienone is 5. The Morgan fingerprint density at radius 3 is 2.73 bits per heavy atom. The third kappa shape index (κ3) is 3.09. The summed E-state index contributed by atoms with van der Waals surface area (Å²) in [6, 6.07) is 0. The van der Waals surface area contributed by atoms with E-state index in [0.717, 1.165) is 6.92 Å². The lowest BCUT2D eigenvalue weighted by atomic mass is 10.00. The molecule has 0 unspecified atom stereocenters. The van der Waals surface area contributed by atoms with Gasteiger partial charge in [-0.3, -0.25) is 0 Å². The molecule has 0 radical (unpaired) electrons. The number of hydrogen-bond acceptors (Lipinski definition) is 0. The monoisotopic (exact) mass is 226 g/mol. The molecule has 3 heteroatoms. The van der Waals surface area contributed by atoms with Crippen LogP contribution in [0.3, 0.4) is 0 Å². The number of alkyl halides is 2. The zero-order chi connectivity index (χ0) is 11.5. The highest BCUT2D eigenvalue weighted by Gasteiger charge is 2.29. The Morgan fingerprint density at radius 2 is 2.20 bits per heavy atom. The first-order chi connectivity index (χ1) is 6.95. The topological polar surface area (TPSA) is 0 Å². The lowest BCUT2D eigenvalue weighted by molar-refractivity contribution is 0.0666. The maximum Gasteiger partial charge on any atom is 0.272 e. The molecule has 0 fully saturated rings. The van der Waals surface area contributed by atoms with Crippen LogP contribution in [0.5, 0.6) is 0 Å². The van der Waals surface area contributed by atoms with Crippen LogP contribution in [0.2, 0.25) is 0 Å². The minimum atomic E-state index is -2.99. The van der Waals surface area contributed by atoms with E-state index in [9.17, 15) is 8.78 Å². The van der Waals surface area contributed by atoms with E-state index in [2.05, 4.69) is 11.7 Å². The summed E-state index contributed by atoms with van der Waals surface area (Å²) < 4.78 is 26.3. The van der Waals surface area contributed by atoms with Crippen LogP contribution in [0.1, 0.15) is 13.3 Å². The smallest absolute Gasteiger partial charge is 0.202 e. The van der Waals surface area contributed by atoms with E-state index in [0.29, 0.717) is 11.5 Å². The quantitative estimate of drug-likeness (QED) is 0.471. The molecule has 0 atom stereocenters. The standard InChI is InChI=1S/C12H9ClF2/c1-3-9-5-4-6-10(13)7-8-11(9)12(2,14)15/h1,4,7-8H,6H2,2H3/b10-7+,11-8+. The molecular weight excluding hydrogens is 218 g/mol. The molecule has 0 saturated heterocycles. The summed E-state index contributed by atoms with van der Waals surface area (Å²) in [6.07, 6.45) is 9.83. The van der Waals surface area contributed by atoms with Gasteiger partial charge in [0.05, 0.1) is 5.57 Å². The molecule has 0 spiro atoms. The summed E-state index contributed by atoms with van der Waals surface area (Å²) >= 11 is 5.74. The average Bonchev–Trinajstić information content (AvgIpc) is 2.09. The molecule has 0 aromatic heterocycles. The Bertz CT molecular complexity index is 422. The van der Waals surface area contributed by atoms with Crippen molar-refractivity contribution in [1.29, 1.82) is 0 Å². The van der Waals surface area contributed by atoms with Gasteiger partial charge in [0.2, 0.25) is 0 Å². The summed E-state index contributed by atoms with van der Waals surface area (Å²) in [6.45, 7) is 0.793. The van der Waals surface area contributed by atoms with E-state index < -0.39 is 5.92 Å². The van der Waals surface area contributed by atoms with Gasteiger partial charge >= 0.3 is 0 Å². The van der Waals surface area contributed by atoms with Crippen molar-refractivity contribution in [3.8, 4) is 12.3 Å². The zero-order valence-electron chi connectivity index (χ0n) is 8.15. The van der Waals surface area contributed by atoms with Crippen LogP contribution in [0.15, 0.2) is 40.1 Å². The zero-order valence-corrected chi connectivity index (χ0v) is 8.91. The summed E-state index contributed by atoms with van der Waals surface area (Å²) in [5.74, 6) is -0.796. The molecule has 0 bridgehead atoms. The SMILES string of the molecule is C#CC1=C=CC/C(Cl)=C\C=C/1C(C)(F)F. The Labute approximate surface area is 92.6 Å². The van der Waals surface area contributed by atoms with E-state index in [1.165, 1.54) is 12.2 Å². The number of hydrogen-bond donors (Lipinski definition) is 0. The van der Waals surface area contributed by atoms with Gasteiger partial charge in [-0.25, -0.2) is 8.78 Å². The van der Waals surface area contributed by atoms with Gasteiger partial charge in [0.15, 0.2) is 0 Å². The molecule has 0 heterocycles. The van der Waals surface area contributed by atoms with Crippen molar-refractivity contribution < 1.29 is 8.78 Å². The van der Waals surface area contributed by atoms with Crippen LogP contribution in [-0.2, 0) is 0 Å². The third-order valence-electron chi connectivity index (χ3n) is 1.86. The highest BCUT2D eigenvalue weighted by atomic mass is 35.5.